The lowest BCUT2D eigenvalue weighted by molar-refractivity contribution is -0.142. The summed E-state index contributed by atoms with van der Waals surface area (Å²) in [4.78, 5) is 27.6. The molecule has 1 amide bonds. The van der Waals surface area contributed by atoms with Crippen LogP contribution in [-0.2, 0) is 20.7 Å². The average molecular weight is 370 g/mol. The number of thioether (sulfide) groups is 1. The predicted octanol–water partition coefficient (Wildman–Crippen LogP) is 1.55. The minimum atomic E-state index is -0.336. The smallest absolute Gasteiger partial charge is 0.311 e. The Labute approximate surface area is 147 Å². The molecule has 0 unspecified atom stereocenters. The van der Waals surface area contributed by atoms with E-state index in [0.29, 0.717) is 22.6 Å². The van der Waals surface area contributed by atoms with Gasteiger partial charge < -0.3 is 10.1 Å². The first-order valence-corrected chi connectivity index (χ1v) is 9.16. The van der Waals surface area contributed by atoms with Crippen molar-refractivity contribution in [1.82, 2.24) is 25.2 Å². The number of carbonyl (C=O) groups is 2. The third-order valence-corrected chi connectivity index (χ3v) is 4.45. The van der Waals surface area contributed by atoms with Crippen LogP contribution in [0.25, 0.3) is 0 Å². The monoisotopic (exact) mass is 370 g/mol. The first-order chi connectivity index (χ1) is 11.5. The summed E-state index contributed by atoms with van der Waals surface area (Å²) in [6.45, 7) is 6.00. The number of hydrogen-bond acceptors (Lipinski definition) is 9. The van der Waals surface area contributed by atoms with Crippen molar-refractivity contribution in [1.29, 1.82) is 0 Å². The molecule has 1 N–H and O–H groups in total. The number of hydrogen-bond donors (Lipinski definition) is 1. The van der Waals surface area contributed by atoms with Gasteiger partial charge in [0.05, 0.1) is 30.5 Å². The number of ether oxygens (including phenoxy) is 1. The fourth-order valence-electron chi connectivity index (χ4n) is 1.70. The first-order valence-electron chi connectivity index (χ1n) is 7.30. The van der Waals surface area contributed by atoms with Gasteiger partial charge in [-0.05, 0) is 31.2 Å². The summed E-state index contributed by atoms with van der Waals surface area (Å²) in [6.07, 6.45) is 0.0954. The first kappa shape index (κ1) is 18.3. The van der Waals surface area contributed by atoms with Crippen molar-refractivity contribution in [3.05, 3.63) is 11.1 Å². The maximum Gasteiger partial charge on any atom is 0.311 e. The Hall–Kier alpha value is -2.01. The van der Waals surface area contributed by atoms with Gasteiger partial charge >= 0.3 is 5.97 Å². The second kappa shape index (κ2) is 8.73. The lowest BCUT2D eigenvalue weighted by Gasteiger charge is -2.06. The van der Waals surface area contributed by atoms with Crippen LogP contribution in [0.3, 0.4) is 0 Å². The van der Waals surface area contributed by atoms with Crippen LogP contribution in [0.4, 0.5) is 5.13 Å². The van der Waals surface area contributed by atoms with Crippen LogP contribution in [0.2, 0.25) is 0 Å². The Kier molecular flexibility index (Phi) is 6.67. The molecule has 0 aromatic carbocycles. The fourth-order valence-corrected chi connectivity index (χ4v) is 3.23. The molecule has 24 heavy (non-hydrogen) atoms. The van der Waals surface area contributed by atoms with Gasteiger partial charge in [-0.3, -0.25) is 9.59 Å². The van der Waals surface area contributed by atoms with Gasteiger partial charge in [-0.2, -0.15) is 0 Å². The van der Waals surface area contributed by atoms with Crippen molar-refractivity contribution in [3.8, 4) is 0 Å². The number of carbonyl (C=O) groups excluding carboxylic acids is 2. The van der Waals surface area contributed by atoms with E-state index >= 15 is 0 Å². The van der Waals surface area contributed by atoms with Gasteiger partial charge in [0.25, 0.3) is 0 Å². The second-order valence-corrected chi connectivity index (χ2v) is 6.76. The Morgan fingerprint density at radius 3 is 2.96 bits per heavy atom. The zero-order valence-electron chi connectivity index (χ0n) is 13.6. The third kappa shape index (κ3) is 5.27. The van der Waals surface area contributed by atoms with Gasteiger partial charge in [-0.15, -0.1) is 16.4 Å². The van der Waals surface area contributed by atoms with E-state index in [1.54, 1.807) is 17.0 Å². The molecule has 0 bridgehead atoms. The van der Waals surface area contributed by atoms with Crippen molar-refractivity contribution in [2.24, 2.45) is 0 Å². The summed E-state index contributed by atoms with van der Waals surface area (Å²) in [7, 11) is 0. The van der Waals surface area contributed by atoms with Crippen molar-refractivity contribution >= 4 is 40.1 Å². The van der Waals surface area contributed by atoms with Gasteiger partial charge in [0.1, 0.15) is 0 Å². The Morgan fingerprint density at radius 2 is 2.25 bits per heavy atom. The number of nitrogens with one attached hydrogen (secondary N) is 1. The highest BCUT2D eigenvalue weighted by Gasteiger charge is 2.14. The van der Waals surface area contributed by atoms with E-state index < -0.39 is 0 Å². The molecule has 2 aromatic heterocycles. The quantitative estimate of drug-likeness (QED) is 0.550. The van der Waals surface area contributed by atoms with Gasteiger partial charge in [0, 0.05) is 5.38 Å². The predicted molar refractivity (Wildman–Crippen MR) is 90.0 cm³/mol. The normalized spacial score (nSPS) is 10.8. The number of nitrogens with zero attached hydrogens (tertiary/aromatic N) is 5. The largest absolute Gasteiger partial charge is 0.466 e. The van der Waals surface area contributed by atoms with E-state index in [1.807, 2.05) is 13.8 Å². The van der Waals surface area contributed by atoms with Crippen molar-refractivity contribution < 1.29 is 14.3 Å². The molecule has 0 saturated carbocycles. The van der Waals surface area contributed by atoms with E-state index in [2.05, 4.69) is 25.8 Å². The molecule has 2 heterocycles. The van der Waals surface area contributed by atoms with Crippen LogP contribution < -0.4 is 5.32 Å². The van der Waals surface area contributed by atoms with Crippen LogP contribution in [0.15, 0.2) is 10.5 Å². The van der Waals surface area contributed by atoms with Crippen LogP contribution in [0.1, 0.15) is 32.5 Å². The molecule has 0 aliphatic carbocycles. The molecule has 0 spiro atoms. The van der Waals surface area contributed by atoms with Crippen molar-refractivity contribution in [2.75, 3.05) is 17.7 Å². The molecule has 2 rings (SSSR count). The number of amides is 1. The summed E-state index contributed by atoms with van der Waals surface area (Å²) in [5, 5.41) is 16.8. The fraction of sp³-hybridized carbons (Fsp3) is 0.538. The summed E-state index contributed by atoms with van der Waals surface area (Å²) >= 11 is 2.51. The Bertz CT molecular complexity index is 699. The summed E-state index contributed by atoms with van der Waals surface area (Å²) in [5.41, 5.74) is 0.574. The van der Waals surface area contributed by atoms with E-state index in [4.69, 9.17) is 4.74 Å². The number of aromatic nitrogens is 5. The Morgan fingerprint density at radius 1 is 1.46 bits per heavy atom. The van der Waals surface area contributed by atoms with Gasteiger partial charge in [-0.25, -0.2) is 9.67 Å². The highest BCUT2D eigenvalue weighted by molar-refractivity contribution is 7.99. The molecular weight excluding hydrogens is 352 g/mol. The van der Waals surface area contributed by atoms with Crippen molar-refractivity contribution in [3.63, 3.8) is 0 Å². The maximum atomic E-state index is 12.0. The van der Waals surface area contributed by atoms with Gasteiger partial charge in [0.2, 0.25) is 11.1 Å². The van der Waals surface area contributed by atoms with Gasteiger partial charge in [0.15, 0.2) is 5.13 Å². The lowest BCUT2D eigenvalue weighted by atomic mass is 10.3. The molecule has 0 aliphatic heterocycles. The molecule has 0 saturated heterocycles. The van der Waals surface area contributed by atoms with Crippen LogP contribution in [-0.4, -0.2) is 49.4 Å². The van der Waals surface area contributed by atoms with Crippen LogP contribution >= 0.6 is 23.1 Å². The highest BCUT2D eigenvalue weighted by Crippen LogP contribution is 2.19. The van der Waals surface area contributed by atoms with Crippen molar-refractivity contribution in [2.45, 2.75) is 38.4 Å². The summed E-state index contributed by atoms with van der Waals surface area (Å²) < 4.78 is 6.51. The average Bonchev–Trinajstić information content (AvgIpc) is 3.14. The molecule has 0 atom stereocenters. The lowest BCUT2D eigenvalue weighted by Crippen LogP contribution is -2.15. The summed E-state index contributed by atoms with van der Waals surface area (Å²) in [5.74, 6) is -0.382. The SMILES string of the molecule is CCOC(=O)Cc1csc(NC(=O)CSc2nnnn2C(C)C)n1. The molecule has 9 nitrogen and oxygen atoms in total. The zero-order chi connectivity index (χ0) is 17.5. The highest BCUT2D eigenvalue weighted by atomic mass is 32.2. The third-order valence-electron chi connectivity index (χ3n) is 2.71. The molecule has 0 radical (unpaired) electrons. The van der Waals surface area contributed by atoms with E-state index in [9.17, 15) is 9.59 Å². The maximum absolute atomic E-state index is 12.0. The molecule has 0 fully saturated rings. The molecular formula is C13H18N6O3S2. The molecule has 2 aromatic rings. The number of rotatable bonds is 8. The number of anilines is 1. The molecule has 0 aliphatic rings. The minimum Gasteiger partial charge on any atom is -0.466 e. The second-order valence-electron chi connectivity index (χ2n) is 4.96. The standard InChI is InChI=1S/C13H18N6O3S2/c1-4-22-11(21)5-9-6-23-12(14-9)15-10(20)7-24-13-16-17-18-19(13)8(2)3/h6,8H,4-5,7H2,1-3H3,(H,14,15,20). The number of thiazole rings is 1. The van der Waals surface area contributed by atoms with Crippen LogP contribution in [0, 0.1) is 0 Å². The minimum absolute atomic E-state index is 0.0954. The molecule has 130 valence electrons. The number of tetrazole rings is 1. The van der Waals surface area contributed by atoms with E-state index in [-0.39, 0.29) is 30.1 Å². The van der Waals surface area contributed by atoms with E-state index in [0.717, 1.165) is 0 Å². The number of esters is 1. The van der Waals surface area contributed by atoms with E-state index in [1.165, 1.54) is 23.1 Å². The van der Waals surface area contributed by atoms with Crippen LogP contribution in [0.5, 0.6) is 0 Å². The Balaban J connectivity index is 1.83. The molecule has 11 heteroatoms. The zero-order valence-corrected chi connectivity index (χ0v) is 15.2. The summed E-state index contributed by atoms with van der Waals surface area (Å²) in [6, 6.07) is 0.120. The topological polar surface area (TPSA) is 112 Å². The van der Waals surface area contributed by atoms with Gasteiger partial charge in [-0.1, -0.05) is 11.8 Å².